The molecular formula is C14H18N4O. The first-order valence-electron chi connectivity index (χ1n) is 6.30. The molecule has 3 N–H and O–H groups in total. The second kappa shape index (κ2) is 6.70. The summed E-state index contributed by atoms with van der Waals surface area (Å²) in [6, 6.07) is 7.79. The summed E-state index contributed by atoms with van der Waals surface area (Å²) in [7, 11) is 0. The Hall–Kier alpha value is -2.14. The number of hydrogen-bond acceptors (Lipinski definition) is 3. The van der Waals surface area contributed by atoms with E-state index in [0.717, 1.165) is 36.6 Å². The van der Waals surface area contributed by atoms with Crippen molar-refractivity contribution in [1.82, 2.24) is 15.3 Å². The zero-order valence-corrected chi connectivity index (χ0v) is 10.9. The minimum absolute atomic E-state index is 0.0527. The molecule has 5 nitrogen and oxygen atoms in total. The Kier molecular flexibility index (Phi) is 4.69. The topological polar surface area (TPSA) is 69.8 Å². The lowest BCUT2D eigenvalue weighted by atomic mass is 10.1. The van der Waals surface area contributed by atoms with Crippen LogP contribution in [0.1, 0.15) is 18.3 Å². The Labute approximate surface area is 112 Å². The normalized spacial score (nSPS) is 10.4. The zero-order chi connectivity index (χ0) is 13.5. The number of H-pyrrole nitrogens is 1. The summed E-state index contributed by atoms with van der Waals surface area (Å²) in [5.41, 5.74) is 1.94. The molecule has 1 aromatic heterocycles. The minimum Gasteiger partial charge on any atom is -0.349 e. The highest BCUT2D eigenvalue weighted by Crippen LogP contribution is 2.14. The van der Waals surface area contributed by atoms with E-state index in [1.165, 1.54) is 6.92 Å². The number of aromatic nitrogens is 2. The molecule has 0 aliphatic rings. The van der Waals surface area contributed by atoms with Gasteiger partial charge in [0.25, 0.3) is 0 Å². The van der Waals surface area contributed by atoms with Crippen molar-refractivity contribution in [3.05, 3.63) is 48.0 Å². The number of carbonyl (C=O) groups is 1. The van der Waals surface area contributed by atoms with Gasteiger partial charge in [0.1, 0.15) is 5.82 Å². The van der Waals surface area contributed by atoms with E-state index in [2.05, 4.69) is 20.6 Å². The Balaban J connectivity index is 1.83. The molecule has 1 amide bonds. The zero-order valence-electron chi connectivity index (χ0n) is 10.9. The summed E-state index contributed by atoms with van der Waals surface area (Å²) in [5, 5.41) is 6.17. The number of nitrogens with zero attached hydrogens (tertiary/aromatic N) is 1. The van der Waals surface area contributed by atoms with Crippen molar-refractivity contribution in [2.75, 3.05) is 11.9 Å². The lowest BCUT2D eigenvalue weighted by molar-refractivity contribution is -0.114. The van der Waals surface area contributed by atoms with E-state index in [1.807, 2.05) is 30.5 Å². The molecule has 0 saturated heterocycles. The van der Waals surface area contributed by atoms with Gasteiger partial charge in [-0.2, -0.15) is 0 Å². The van der Waals surface area contributed by atoms with E-state index in [9.17, 15) is 4.79 Å². The second-order valence-corrected chi connectivity index (χ2v) is 4.30. The van der Waals surface area contributed by atoms with Crippen LogP contribution in [-0.2, 0) is 17.8 Å². The highest BCUT2D eigenvalue weighted by atomic mass is 16.1. The SMILES string of the molecule is CC(=O)Nc1ccccc1CNCCc1ncc[nH]1. The maximum absolute atomic E-state index is 11.1. The predicted octanol–water partition coefficient (Wildman–Crippen LogP) is 1.70. The monoisotopic (exact) mass is 258 g/mol. The number of amides is 1. The third-order valence-corrected chi connectivity index (χ3v) is 2.74. The van der Waals surface area contributed by atoms with Crippen LogP contribution in [-0.4, -0.2) is 22.4 Å². The fourth-order valence-electron chi connectivity index (χ4n) is 1.85. The van der Waals surface area contributed by atoms with Crippen molar-refractivity contribution >= 4 is 11.6 Å². The number of nitrogens with one attached hydrogen (secondary N) is 3. The smallest absolute Gasteiger partial charge is 0.221 e. The number of rotatable bonds is 6. The molecule has 100 valence electrons. The lowest BCUT2D eigenvalue weighted by Gasteiger charge is -2.10. The molecule has 0 unspecified atom stereocenters. The molecule has 1 aromatic carbocycles. The first kappa shape index (κ1) is 13.3. The van der Waals surface area contributed by atoms with Crippen LogP contribution in [0.4, 0.5) is 5.69 Å². The van der Waals surface area contributed by atoms with Crippen LogP contribution in [0.2, 0.25) is 0 Å². The fourth-order valence-corrected chi connectivity index (χ4v) is 1.85. The average Bonchev–Trinajstić information content (AvgIpc) is 2.89. The molecule has 19 heavy (non-hydrogen) atoms. The van der Waals surface area contributed by atoms with Gasteiger partial charge in [-0.1, -0.05) is 18.2 Å². The van der Waals surface area contributed by atoms with Crippen LogP contribution in [0.3, 0.4) is 0 Å². The molecule has 0 spiro atoms. The second-order valence-electron chi connectivity index (χ2n) is 4.30. The highest BCUT2D eigenvalue weighted by Gasteiger charge is 2.02. The van der Waals surface area contributed by atoms with Crippen molar-refractivity contribution < 1.29 is 4.79 Å². The molecule has 0 aliphatic heterocycles. The van der Waals surface area contributed by atoms with Gasteiger partial charge in [0, 0.05) is 44.5 Å². The number of para-hydroxylation sites is 1. The van der Waals surface area contributed by atoms with Crippen LogP contribution in [0.5, 0.6) is 0 Å². The van der Waals surface area contributed by atoms with E-state index in [0.29, 0.717) is 0 Å². The first-order chi connectivity index (χ1) is 9.25. The molecule has 0 aliphatic carbocycles. The third-order valence-electron chi connectivity index (χ3n) is 2.74. The van der Waals surface area contributed by atoms with Gasteiger partial charge in [-0.15, -0.1) is 0 Å². The van der Waals surface area contributed by atoms with Gasteiger partial charge < -0.3 is 15.6 Å². The quantitative estimate of drug-likeness (QED) is 0.691. The molecule has 1 heterocycles. The van der Waals surface area contributed by atoms with E-state index in [1.54, 1.807) is 6.20 Å². The average molecular weight is 258 g/mol. The molecule has 0 saturated carbocycles. The minimum atomic E-state index is -0.0527. The summed E-state index contributed by atoms with van der Waals surface area (Å²) in [6.07, 6.45) is 4.43. The van der Waals surface area contributed by atoms with Gasteiger partial charge in [-0.05, 0) is 11.6 Å². The van der Waals surface area contributed by atoms with Gasteiger partial charge >= 0.3 is 0 Å². The van der Waals surface area contributed by atoms with Gasteiger partial charge in [0.05, 0.1) is 0 Å². The van der Waals surface area contributed by atoms with Crippen molar-refractivity contribution in [3.8, 4) is 0 Å². The van der Waals surface area contributed by atoms with Gasteiger partial charge in [0.15, 0.2) is 0 Å². The molecule has 2 aromatic rings. The van der Waals surface area contributed by atoms with E-state index < -0.39 is 0 Å². The van der Waals surface area contributed by atoms with Crippen LogP contribution < -0.4 is 10.6 Å². The van der Waals surface area contributed by atoms with Crippen molar-refractivity contribution in [3.63, 3.8) is 0 Å². The molecule has 2 rings (SSSR count). The van der Waals surface area contributed by atoms with Crippen LogP contribution in [0.25, 0.3) is 0 Å². The van der Waals surface area contributed by atoms with Crippen molar-refractivity contribution in [2.24, 2.45) is 0 Å². The van der Waals surface area contributed by atoms with Crippen molar-refractivity contribution in [2.45, 2.75) is 19.9 Å². The molecule has 0 radical (unpaired) electrons. The van der Waals surface area contributed by atoms with Crippen LogP contribution in [0.15, 0.2) is 36.7 Å². The molecule has 0 fully saturated rings. The first-order valence-corrected chi connectivity index (χ1v) is 6.30. The largest absolute Gasteiger partial charge is 0.349 e. The predicted molar refractivity (Wildman–Crippen MR) is 74.7 cm³/mol. The van der Waals surface area contributed by atoms with Crippen LogP contribution in [0, 0.1) is 0 Å². The number of imidazole rings is 1. The highest BCUT2D eigenvalue weighted by molar-refractivity contribution is 5.89. The van der Waals surface area contributed by atoms with Gasteiger partial charge in [-0.3, -0.25) is 4.79 Å². The number of benzene rings is 1. The van der Waals surface area contributed by atoms with Gasteiger partial charge in [0.2, 0.25) is 5.91 Å². The maximum atomic E-state index is 11.1. The maximum Gasteiger partial charge on any atom is 0.221 e. The Bertz CT molecular complexity index is 522. The molecule has 0 bridgehead atoms. The van der Waals surface area contributed by atoms with Crippen molar-refractivity contribution in [1.29, 1.82) is 0 Å². The number of carbonyl (C=O) groups excluding carboxylic acids is 1. The summed E-state index contributed by atoms with van der Waals surface area (Å²) >= 11 is 0. The lowest BCUT2D eigenvalue weighted by Crippen LogP contribution is -2.18. The Morgan fingerprint density at radius 1 is 1.37 bits per heavy atom. The van der Waals surface area contributed by atoms with E-state index in [-0.39, 0.29) is 5.91 Å². The molecule has 0 atom stereocenters. The fraction of sp³-hybridized carbons (Fsp3) is 0.286. The Morgan fingerprint density at radius 2 is 2.21 bits per heavy atom. The summed E-state index contributed by atoms with van der Waals surface area (Å²) in [4.78, 5) is 18.3. The van der Waals surface area contributed by atoms with E-state index >= 15 is 0 Å². The number of aromatic amines is 1. The molecule has 5 heteroatoms. The summed E-state index contributed by atoms with van der Waals surface area (Å²) < 4.78 is 0. The number of hydrogen-bond donors (Lipinski definition) is 3. The van der Waals surface area contributed by atoms with Crippen LogP contribution >= 0.6 is 0 Å². The Morgan fingerprint density at radius 3 is 2.95 bits per heavy atom. The summed E-state index contributed by atoms with van der Waals surface area (Å²) in [5.74, 6) is 0.922. The van der Waals surface area contributed by atoms with Gasteiger partial charge in [-0.25, -0.2) is 4.98 Å². The summed E-state index contributed by atoms with van der Waals surface area (Å²) in [6.45, 7) is 3.07. The standard InChI is InChI=1S/C14H18N4O/c1-11(19)18-13-5-3-2-4-12(13)10-15-7-6-14-16-8-9-17-14/h2-5,8-9,15H,6-7,10H2,1H3,(H,16,17)(H,18,19). The number of anilines is 1. The van der Waals surface area contributed by atoms with E-state index in [4.69, 9.17) is 0 Å². The molecular weight excluding hydrogens is 240 g/mol. The third kappa shape index (κ3) is 4.22.